The van der Waals surface area contributed by atoms with Gasteiger partial charge in [-0.1, -0.05) is 0 Å². The Morgan fingerprint density at radius 1 is 1.09 bits per heavy atom. The van der Waals surface area contributed by atoms with E-state index >= 15 is 0 Å². The van der Waals surface area contributed by atoms with Crippen molar-refractivity contribution in [3.05, 3.63) is 12.2 Å². The molecule has 1 aromatic rings. The minimum absolute atomic E-state index is 0.206. The number of nitrogens with zero attached hydrogens (tertiary/aromatic N) is 3. The maximum atomic E-state index is 14.0. The third kappa shape index (κ3) is 9.97. The molecule has 0 saturated carbocycles. The quantitative estimate of drug-likeness (QED) is 0.0304. The summed E-state index contributed by atoms with van der Waals surface area (Å²) in [6, 6.07) is -1.36. The Balaban J connectivity index is 2.36. The number of carbonyl (C=O) groups excluding carboxylic acids is 5. The second-order valence-corrected chi connectivity index (χ2v) is 11.3. The summed E-state index contributed by atoms with van der Waals surface area (Å²) in [4.78, 5) is 64.6. The van der Waals surface area contributed by atoms with Crippen LogP contribution in [0.15, 0.2) is 6.33 Å². The molecule has 21 nitrogen and oxygen atoms in total. The first kappa shape index (κ1) is 38.6. The van der Waals surface area contributed by atoms with Crippen LogP contribution in [-0.2, 0) is 61.2 Å². The molecule has 0 bridgehead atoms. The zero-order valence-corrected chi connectivity index (χ0v) is 26.6. The van der Waals surface area contributed by atoms with Crippen LogP contribution in [0.25, 0.3) is 0 Å². The lowest BCUT2D eigenvalue weighted by Gasteiger charge is -2.31. The van der Waals surface area contributed by atoms with Crippen molar-refractivity contribution in [2.45, 2.75) is 58.3 Å². The molecule has 1 amide bonds. The Kier molecular flexibility index (Phi) is 14.6. The van der Waals surface area contributed by atoms with Gasteiger partial charge in [-0.2, -0.15) is 0 Å². The number of primary amides is 1. The molecule has 0 aromatic carbocycles. The van der Waals surface area contributed by atoms with E-state index in [1.807, 2.05) is 0 Å². The molecule has 22 heteroatoms. The molecule has 2 rings (SSSR count). The van der Waals surface area contributed by atoms with Gasteiger partial charge in [-0.3, -0.25) is 33.0 Å². The Bertz CT molecular complexity index is 1260. The normalized spacial score (nSPS) is 21.5. The number of methoxy groups -OCH3 is 1. The second kappa shape index (κ2) is 17.4. The van der Waals surface area contributed by atoms with Gasteiger partial charge in [-0.25, -0.2) is 19.3 Å². The number of esters is 4. The third-order valence-electron chi connectivity index (χ3n) is 6.15. The fourth-order valence-electron chi connectivity index (χ4n) is 3.78. The molecular formula is C24H38N5O16P. The van der Waals surface area contributed by atoms with Gasteiger partial charge in [0.05, 0.1) is 40.1 Å². The molecule has 6 atom stereocenters. The minimum Gasteiger partial charge on any atom is -0.468 e. The van der Waals surface area contributed by atoms with Crippen LogP contribution in [0.2, 0.25) is 0 Å². The lowest BCUT2D eigenvalue weighted by atomic mass is 9.90. The van der Waals surface area contributed by atoms with Crippen molar-refractivity contribution in [1.29, 1.82) is 0 Å². The van der Waals surface area contributed by atoms with Gasteiger partial charge in [0.25, 0.3) is 5.91 Å². The van der Waals surface area contributed by atoms with Crippen LogP contribution in [-0.4, -0.2) is 126 Å². The van der Waals surface area contributed by atoms with E-state index in [9.17, 15) is 38.8 Å². The number of nitrogens with one attached hydrogen (secondary N) is 1. The summed E-state index contributed by atoms with van der Waals surface area (Å²) in [6.45, 7) is 1.42. The fraction of sp³-hybridized carbons (Fsp3) is 0.708. The lowest BCUT2D eigenvalue weighted by molar-refractivity contribution is -0.185. The summed E-state index contributed by atoms with van der Waals surface area (Å²) in [5, 5.41) is 27.2. The highest BCUT2D eigenvalue weighted by Crippen LogP contribution is 2.47. The fourth-order valence-corrected chi connectivity index (χ4v) is 5.32. The predicted molar refractivity (Wildman–Crippen MR) is 147 cm³/mol. The average molecular weight is 684 g/mol. The van der Waals surface area contributed by atoms with E-state index in [0.717, 1.165) is 25.0 Å². The third-order valence-corrected chi connectivity index (χ3v) is 7.81. The van der Waals surface area contributed by atoms with Crippen molar-refractivity contribution < 1.29 is 76.2 Å². The molecule has 5 N–H and O–H groups in total. The molecule has 2 heterocycles. The zero-order valence-electron chi connectivity index (χ0n) is 25.7. The molecule has 1 saturated heterocycles. The number of carbonyl (C=O) groups is 5. The molecule has 1 unspecified atom stereocenters. The molecule has 1 aliphatic rings. The van der Waals surface area contributed by atoms with Crippen molar-refractivity contribution in [1.82, 2.24) is 19.9 Å². The number of ether oxygens (including phenoxy) is 6. The topological polar surface area (TPSA) is 285 Å². The molecule has 0 radical (unpaired) electrons. The van der Waals surface area contributed by atoms with Gasteiger partial charge in [0, 0.05) is 6.92 Å². The maximum Gasteiger partial charge on any atom is 0.406 e. The van der Waals surface area contributed by atoms with E-state index in [4.69, 9.17) is 33.7 Å². The van der Waals surface area contributed by atoms with Crippen LogP contribution in [0.1, 0.15) is 44.5 Å². The van der Waals surface area contributed by atoms with Crippen molar-refractivity contribution in [2.75, 3.05) is 46.9 Å². The molecule has 0 aliphatic carbocycles. The number of nitrogens with two attached hydrogens (primary N) is 1. The number of hydrogen-bond donors (Lipinski definition) is 4. The van der Waals surface area contributed by atoms with E-state index in [-0.39, 0.29) is 13.2 Å². The predicted octanol–water partition coefficient (Wildman–Crippen LogP) is -2.06. The van der Waals surface area contributed by atoms with E-state index in [0.29, 0.717) is 0 Å². The first-order valence-electron chi connectivity index (χ1n) is 13.7. The second-order valence-electron chi connectivity index (χ2n) is 9.52. The van der Waals surface area contributed by atoms with Crippen molar-refractivity contribution in [3.63, 3.8) is 0 Å². The summed E-state index contributed by atoms with van der Waals surface area (Å²) in [5.41, 5.74) is 2.69. The first-order chi connectivity index (χ1) is 21.6. The highest BCUT2D eigenvalue weighted by molar-refractivity contribution is 7.51. The number of amides is 1. The molecule has 1 aromatic heterocycles. The van der Waals surface area contributed by atoms with Crippen molar-refractivity contribution in [3.8, 4) is 0 Å². The van der Waals surface area contributed by atoms with Gasteiger partial charge in [0.15, 0.2) is 13.0 Å². The number of aliphatic hydroxyl groups excluding tert-OH is 2. The summed E-state index contributed by atoms with van der Waals surface area (Å²) >= 11 is 0. The van der Waals surface area contributed by atoms with Crippen LogP contribution >= 0.6 is 7.75 Å². The van der Waals surface area contributed by atoms with Crippen LogP contribution < -0.4 is 10.8 Å². The van der Waals surface area contributed by atoms with E-state index in [1.165, 1.54) is 20.8 Å². The SMILES string of the molecule is CCOC(=O)C(COCOC(C)=O)(COP(=O)(N[C@@H](C)C(=O)OC)OC[C@H]1O[C@@H](n2cnc(C(N)=O)n2)[C@H](O)[C@@H]1O)C(=O)OCC. The van der Waals surface area contributed by atoms with Gasteiger partial charge in [0.1, 0.15) is 30.7 Å². The number of aromatic nitrogens is 3. The average Bonchev–Trinajstić information content (AvgIpc) is 3.60. The summed E-state index contributed by atoms with van der Waals surface area (Å²) < 4.78 is 56.0. The minimum atomic E-state index is -4.79. The van der Waals surface area contributed by atoms with Crippen molar-refractivity contribution >= 4 is 37.5 Å². The first-order valence-corrected chi connectivity index (χ1v) is 15.2. The zero-order chi connectivity index (χ0) is 34.7. The van der Waals surface area contributed by atoms with E-state index in [1.54, 1.807) is 0 Å². The van der Waals surface area contributed by atoms with Crippen LogP contribution in [0.5, 0.6) is 0 Å². The van der Waals surface area contributed by atoms with Gasteiger partial charge in [0.2, 0.25) is 11.2 Å². The molecular weight excluding hydrogens is 645 g/mol. The monoisotopic (exact) mass is 683 g/mol. The maximum absolute atomic E-state index is 14.0. The number of hydrogen-bond acceptors (Lipinski definition) is 18. The van der Waals surface area contributed by atoms with Crippen LogP contribution in [0, 0.1) is 5.41 Å². The van der Waals surface area contributed by atoms with Crippen LogP contribution in [0.3, 0.4) is 0 Å². The van der Waals surface area contributed by atoms with E-state index < -0.39 is 106 Å². The summed E-state index contributed by atoms with van der Waals surface area (Å²) in [7, 11) is -3.73. The Morgan fingerprint density at radius 3 is 2.24 bits per heavy atom. The highest BCUT2D eigenvalue weighted by Gasteiger charge is 2.52. The Morgan fingerprint density at radius 2 is 1.72 bits per heavy atom. The standard InChI is InChI=1S/C24H38N5O16P/c1-6-40-22(35)24(23(36)41-7-2,9-39-12-42-14(4)30)10-44-46(37,28-13(3)21(34)38-5)43-8-15-16(31)17(32)20(45-15)29-11-26-19(27-29)18(25)33/h11,13,15-17,20,31-32H,6-10,12H2,1-5H3,(H2,25,33)(H,28,37)/t13-,15+,16+,17+,20+,46?/m0/s1. The Labute approximate surface area is 262 Å². The number of rotatable bonds is 19. The van der Waals surface area contributed by atoms with E-state index in [2.05, 4.69) is 24.6 Å². The molecule has 1 aliphatic heterocycles. The molecule has 0 spiro atoms. The molecule has 46 heavy (non-hydrogen) atoms. The molecule has 1 fully saturated rings. The van der Waals surface area contributed by atoms with Gasteiger partial charge >= 0.3 is 31.6 Å². The largest absolute Gasteiger partial charge is 0.468 e. The molecule has 260 valence electrons. The lowest BCUT2D eigenvalue weighted by Crippen LogP contribution is -2.50. The number of aliphatic hydroxyl groups is 2. The van der Waals surface area contributed by atoms with Gasteiger partial charge in [-0.15, -0.1) is 5.10 Å². The smallest absolute Gasteiger partial charge is 0.406 e. The van der Waals surface area contributed by atoms with Gasteiger partial charge < -0.3 is 44.4 Å². The van der Waals surface area contributed by atoms with Crippen molar-refractivity contribution in [2.24, 2.45) is 11.1 Å². The summed E-state index contributed by atoms with van der Waals surface area (Å²) in [5.74, 6) is -5.43. The highest BCUT2D eigenvalue weighted by atomic mass is 31.2. The Hall–Kier alpha value is -3.56. The van der Waals surface area contributed by atoms with Crippen LogP contribution in [0.4, 0.5) is 0 Å². The summed E-state index contributed by atoms with van der Waals surface area (Å²) in [6.07, 6.45) is -5.11. The van der Waals surface area contributed by atoms with Gasteiger partial charge in [-0.05, 0) is 20.8 Å².